The zero-order chi connectivity index (χ0) is 20.9. The molecule has 1 heterocycles. The molecule has 1 saturated carbocycles. The predicted molar refractivity (Wildman–Crippen MR) is 119 cm³/mol. The van der Waals surface area contributed by atoms with Crippen molar-refractivity contribution in [2.75, 3.05) is 25.5 Å². The van der Waals surface area contributed by atoms with Crippen molar-refractivity contribution in [2.24, 2.45) is 0 Å². The van der Waals surface area contributed by atoms with Crippen LogP contribution in [0.3, 0.4) is 0 Å². The van der Waals surface area contributed by atoms with Crippen LogP contribution in [0, 0.1) is 0 Å². The van der Waals surface area contributed by atoms with E-state index in [1.165, 1.54) is 30.4 Å². The van der Waals surface area contributed by atoms with Gasteiger partial charge < -0.3 is 15.2 Å². The fourth-order valence-electron chi connectivity index (χ4n) is 4.29. The number of benzene rings is 2. The average molecular weight is 409 g/mol. The number of hydrogen-bond donors (Lipinski definition) is 2. The maximum Gasteiger partial charge on any atom is 0.163 e. The summed E-state index contributed by atoms with van der Waals surface area (Å²) in [5.41, 5.74) is 4.34. The van der Waals surface area contributed by atoms with Gasteiger partial charge in [-0.05, 0) is 55.4 Å². The molecule has 1 fully saturated rings. The van der Waals surface area contributed by atoms with E-state index in [4.69, 9.17) is 4.74 Å². The number of ether oxygens (including phenoxy) is 1. The number of ketones is 1. The number of nitrogens with one attached hydrogen (secondary N) is 1. The molecule has 160 valence electrons. The standard InChI is InChI=1S/C25H32N2O3/c1-30-24-14-20(13-22(15-24)26-21-7-4-8-21)25(29)10-9-23(28)17-27-12-11-18-5-2-3-6-19(18)16-27/h2-3,5-6,13-15,21,23,26,28H,4,7-12,16-17H2,1H3/t23-/m0/s1. The van der Waals surface area contributed by atoms with Gasteiger partial charge in [-0.25, -0.2) is 0 Å². The van der Waals surface area contributed by atoms with Crippen LogP contribution in [-0.4, -0.2) is 48.1 Å². The molecule has 2 aliphatic rings. The third kappa shape index (κ3) is 5.21. The van der Waals surface area contributed by atoms with Crippen molar-refractivity contribution in [2.45, 2.75) is 57.2 Å². The molecular weight excluding hydrogens is 376 g/mol. The van der Waals surface area contributed by atoms with Gasteiger partial charge in [0.05, 0.1) is 13.2 Å². The Morgan fingerprint density at radius 2 is 2.03 bits per heavy atom. The molecule has 0 saturated heterocycles. The largest absolute Gasteiger partial charge is 0.497 e. The number of β-amino-alcohol motifs (C(OH)–C–C–N with tert-alkyl or cyclic N) is 1. The second-order valence-corrected chi connectivity index (χ2v) is 8.59. The molecule has 2 aromatic carbocycles. The zero-order valence-electron chi connectivity index (χ0n) is 17.8. The molecule has 5 nitrogen and oxygen atoms in total. The summed E-state index contributed by atoms with van der Waals surface area (Å²) in [5.74, 6) is 0.740. The maximum atomic E-state index is 12.8. The van der Waals surface area contributed by atoms with Crippen molar-refractivity contribution in [1.82, 2.24) is 4.90 Å². The normalized spacial score (nSPS) is 17.7. The van der Waals surface area contributed by atoms with Crippen molar-refractivity contribution < 1.29 is 14.6 Å². The number of carbonyl (C=O) groups is 1. The zero-order valence-corrected chi connectivity index (χ0v) is 17.8. The molecule has 30 heavy (non-hydrogen) atoms. The van der Waals surface area contributed by atoms with E-state index in [-0.39, 0.29) is 5.78 Å². The molecule has 0 bridgehead atoms. The van der Waals surface area contributed by atoms with Crippen LogP contribution in [-0.2, 0) is 13.0 Å². The number of rotatable bonds is 9. The Labute approximate surface area is 179 Å². The average Bonchev–Trinajstić information content (AvgIpc) is 2.74. The summed E-state index contributed by atoms with van der Waals surface area (Å²) < 4.78 is 5.39. The summed E-state index contributed by atoms with van der Waals surface area (Å²) in [7, 11) is 1.62. The minimum Gasteiger partial charge on any atom is -0.497 e. The van der Waals surface area contributed by atoms with Crippen LogP contribution in [0.25, 0.3) is 0 Å². The van der Waals surface area contributed by atoms with Crippen LogP contribution < -0.4 is 10.1 Å². The van der Waals surface area contributed by atoms with Gasteiger partial charge in [0.25, 0.3) is 0 Å². The monoisotopic (exact) mass is 408 g/mol. The summed E-state index contributed by atoms with van der Waals surface area (Å²) in [4.78, 5) is 15.1. The summed E-state index contributed by atoms with van der Waals surface area (Å²) in [6.07, 6.45) is 4.93. The predicted octanol–water partition coefficient (Wildman–Crippen LogP) is 4.04. The molecule has 1 aliphatic heterocycles. The van der Waals surface area contributed by atoms with Gasteiger partial charge in [-0.3, -0.25) is 9.69 Å². The third-order valence-corrected chi connectivity index (χ3v) is 6.32. The van der Waals surface area contributed by atoms with Gasteiger partial charge in [-0.15, -0.1) is 0 Å². The second-order valence-electron chi connectivity index (χ2n) is 8.59. The number of Topliss-reactive ketones (excluding diaryl/α,β-unsaturated/α-hetero) is 1. The molecule has 2 N–H and O–H groups in total. The molecule has 4 rings (SSSR count). The highest BCUT2D eigenvalue weighted by atomic mass is 16.5. The minimum absolute atomic E-state index is 0.0496. The molecular formula is C25H32N2O3. The van der Waals surface area contributed by atoms with Crippen molar-refractivity contribution in [3.05, 3.63) is 59.2 Å². The van der Waals surface area contributed by atoms with Gasteiger partial charge in [0.2, 0.25) is 0 Å². The highest BCUT2D eigenvalue weighted by Crippen LogP contribution is 2.27. The van der Waals surface area contributed by atoms with E-state index in [2.05, 4.69) is 34.5 Å². The molecule has 0 aromatic heterocycles. The lowest BCUT2D eigenvalue weighted by atomic mass is 9.92. The van der Waals surface area contributed by atoms with Crippen molar-refractivity contribution >= 4 is 11.5 Å². The van der Waals surface area contributed by atoms with E-state index < -0.39 is 6.10 Å². The number of aliphatic hydroxyl groups excluding tert-OH is 1. The highest BCUT2D eigenvalue weighted by Gasteiger charge is 2.20. The van der Waals surface area contributed by atoms with Crippen LogP contribution in [0.15, 0.2) is 42.5 Å². The number of anilines is 1. The van der Waals surface area contributed by atoms with Gasteiger partial charge in [-0.2, -0.15) is 0 Å². The van der Waals surface area contributed by atoms with E-state index in [1.54, 1.807) is 13.2 Å². The number of carbonyl (C=O) groups excluding carboxylic acids is 1. The lowest BCUT2D eigenvalue weighted by Gasteiger charge is -2.30. The summed E-state index contributed by atoms with van der Waals surface area (Å²) in [6, 6.07) is 14.6. The fraction of sp³-hybridized carbons (Fsp3) is 0.480. The van der Waals surface area contributed by atoms with Crippen molar-refractivity contribution in [1.29, 1.82) is 0 Å². The van der Waals surface area contributed by atoms with Crippen LogP contribution in [0.1, 0.15) is 53.6 Å². The topological polar surface area (TPSA) is 61.8 Å². The molecule has 0 radical (unpaired) electrons. The summed E-state index contributed by atoms with van der Waals surface area (Å²) in [5, 5.41) is 14.0. The highest BCUT2D eigenvalue weighted by molar-refractivity contribution is 5.97. The van der Waals surface area contributed by atoms with Crippen LogP contribution in [0.5, 0.6) is 5.75 Å². The molecule has 0 spiro atoms. The fourth-order valence-corrected chi connectivity index (χ4v) is 4.29. The maximum absolute atomic E-state index is 12.8. The minimum atomic E-state index is -0.502. The summed E-state index contributed by atoms with van der Waals surface area (Å²) in [6.45, 7) is 2.43. The van der Waals surface area contributed by atoms with Crippen LogP contribution in [0.2, 0.25) is 0 Å². The number of hydrogen-bond acceptors (Lipinski definition) is 5. The molecule has 1 atom stereocenters. The Morgan fingerprint density at radius 3 is 2.77 bits per heavy atom. The first kappa shape index (κ1) is 20.9. The Bertz CT molecular complexity index is 878. The molecule has 0 unspecified atom stereocenters. The first-order chi connectivity index (χ1) is 14.6. The smallest absolute Gasteiger partial charge is 0.163 e. The van der Waals surface area contributed by atoms with Crippen molar-refractivity contribution in [3.63, 3.8) is 0 Å². The van der Waals surface area contributed by atoms with Gasteiger partial charge in [0.15, 0.2) is 5.78 Å². The number of methoxy groups -OCH3 is 1. The van der Waals surface area contributed by atoms with Crippen molar-refractivity contribution in [3.8, 4) is 5.75 Å². The third-order valence-electron chi connectivity index (χ3n) is 6.32. The Balaban J connectivity index is 1.30. The lowest BCUT2D eigenvalue weighted by Crippen LogP contribution is -2.36. The molecule has 2 aromatic rings. The van der Waals surface area contributed by atoms with Gasteiger partial charge in [-0.1, -0.05) is 24.3 Å². The van der Waals surface area contributed by atoms with E-state index in [0.717, 1.165) is 25.2 Å². The summed E-state index contributed by atoms with van der Waals surface area (Å²) >= 11 is 0. The Hall–Kier alpha value is -2.37. The van der Waals surface area contributed by atoms with E-state index >= 15 is 0 Å². The van der Waals surface area contributed by atoms with Crippen LogP contribution in [0.4, 0.5) is 5.69 Å². The van der Waals surface area contributed by atoms with E-state index in [1.807, 2.05) is 12.1 Å². The first-order valence-electron chi connectivity index (χ1n) is 11.1. The van der Waals surface area contributed by atoms with E-state index in [9.17, 15) is 9.90 Å². The van der Waals surface area contributed by atoms with E-state index in [0.29, 0.717) is 36.7 Å². The Morgan fingerprint density at radius 1 is 1.23 bits per heavy atom. The Kier molecular flexibility index (Phi) is 6.70. The van der Waals surface area contributed by atoms with Crippen LogP contribution >= 0.6 is 0 Å². The molecule has 1 aliphatic carbocycles. The molecule has 5 heteroatoms. The molecule has 0 amide bonds. The van der Waals surface area contributed by atoms with Gasteiger partial charge in [0, 0.05) is 49.4 Å². The quantitative estimate of drug-likeness (QED) is 0.613. The van der Waals surface area contributed by atoms with Gasteiger partial charge in [0.1, 0.15) is 5.75 Å². The SMILES string of the molecule is COc1cc(NC2CCC2)cc(C(=O)CC[C@H](O)CN2CCc3ccccc3C2)c1. The number of fused-ring (bicyclic) bond motifs is 1. The second kappa shape index (κ2) is 9.63. The lowest BCUT2D eigenvalue weighted by molar-refractivity contribution is 0.0836. The first-order valence-corrected chi connectivity index (χ1v) is 11.1. The number of nitrogens with zero attached hydrogens (tertiary/aromatic N) is 1. The number of aliphatic hydroxyl groups is 1. The van der Waals surface area contributed by atoms with Gasteiger partial charge >= 0.3 is 0 Å².